The fraction of sp³-hybridized carbons (Fsp3) is 0.250. The Morgan fingerprint density at radius 2 is 1.81 bits per heavy atom. The Morgan fingerprint density at radius 1 is 1.04 bits per heavy atom. The van der Waals surface area contributed by atoms with E-state index in [1.165, 1.54) is 6.92 Å². The second-order valence-corrected chi connectivity index (χ2v) is 5.76. The summed E-state index contributed by atoms with van der Waals surface area (Å²) in [6.07, 6.45) is 0.0427. The van der Waals surface area contributed by atoms with Crippen LogP contribution in [0.25, 0.3) is 0 Å². The summed E-state index contributed by atoms with van der Waals surface area (Å²) in [6.45, 7) is 3.17. The summed E-state index contributed by atoms with van der Waals surface area (Å²) < 4.78 is 10.4. The van der Waals surface area contributed by atoms with E-state index < -0.39 is 18.5 Å². The van der Waals surface area contributed by atoms with Crippen molar-refractivity contribution in [2.75, 3.05) is 18.5 Å². The van der Waals surface area contributed by atoms with Crippen LogP contribution in [0.3, 0.4) is 0 Å². The normalized spacial score (nSPS) is 10.1. The third kappa shape index (κ3) is 6.39. The largest absolute Gasteiger partial charge is 0.493 e. The van der Waals surface area contributed by atoms with E-state index >= 15 is 0 Å². The number of carbonyl (C=O) groups excluding carboxylic acids is 3. The highest BCUT2D eigenvalue weighted by atomic mass is 16.5. The zero-order valence-corrected chi connectivity index (χ0v) is 14.8. The maximum atomic E-state index is 11.8. The summed E-state index contributed by atoms with van der Waals surface area (Å²) in [5.41, 5.74) is 2.03. The van der Waals surface area contributed by atoms with Crippen molar-refractivity contribution in [3.8, 4) is 5.75 Å². The molecule has 26 heavy (non-hydrogen) atoms. The van der Waals surface area contributed by atoms with Gasteiger partial charge in [-0.25, -0.2) is 0 Å². The van der Waals surface area contributed by atoms with Gasteiger partial charge in [0.2, 0.25) is 0 Å². The van der Waals surface area contributed by atoms with Crippen molar-refractivity contribution in [2.24, 2.45) is 0 Å². The van der Waals surface area contributed by atoms with E-state index in [9.17, 15) is 14.4 Å². The Hall–Kier alpha value is -3.15. The number of hydrogen-bond donors (Lipinski definition) is 1. The topological polar surface area (TPSA) is 81.7 Å². The summed E-state index contributed by atoms with van der Waals surface area (Å²) in [5.74, 6) is -0.411. The number of anilines is 1. The minimum absolute atomic E-state index is 0.0427. The van der Waals surface area contributed by atoms with Gasteiger partial charge in [-0.05, 0) is 43.7 Å². The molecule has 2 rings (SSSR count). The van der Waals surface area contributed by atoms with Crippen molar-refractivity contribution < 1.29 is 23.9 Å². The average Bonchev–Trinajstić information content (AvgIpc) is 2.60. The van der Waals surface area contributed by atoms with Gasteiger partial charge in [0, 0.05) is 11.3 Å². The van der Waals surface area contributed by atoms with Crippen LogP contribution in [0.1, 0.15) is 29.3 Å². The van der Waals surface area contributed by atoms with Gasteiger partial charge in [-0.2, -0.15) is 0 Å². The summed E-state index contributed by atoms with van der Waals surface area (Å²) in [4.78, 5) is 34.8. The van der Waals surface area contributed by atoms with E-state index in [1.807, 2.05) is 25.1 Å². The Balaban J connectivity index is 1.70. The van der Waals surface area contributed by atoms with Gasteiger partial charge in [-0.3, -0.25) is 14.4 Å². The third-order valence-electron chi connectivity index (χ3n) is 3.48. The van der Waals surface area contributed by atoms with Crippen LogP contribution in [-0.2, 0) is 14.3 Å². The molecule has 6 heteroatoms. The standard InChI is InChI=1S/C20H21NO5/c1-14-5-3-8-18(11-14)25-10-9-20(24)26-13-19(23)21-17-7-4-6-16(12-17)15(2)22/h3-8,11-12H,9-10,13H2,1-2H3,(H,21,23). The number of ether oxygens (including phenoxy) is 2. The van der Waals surface area contributed by atoms with Gasteiger partial charge >= 0.3 is 5.97 Å². The number of nitrogens with one attached hydrogen (secondary N) is 1. The Labute approximate surface area is 152 Å². The lowest BCUT2D eigenvalue weighted by molar-refractivity contribution is -0.147. The highest BCUT2D eigenvalue weighted by molar-refractivity contribution is 5.97. The van der Waals surface area contributed by atoms with Crippen LogP contribution in [0.4, 0.5) is 5.69 Å². The van der Waals surface area contributed by atoms with E-state index in [2.05, 4.69) is 5.32 Å². The quantitative estimate of drug-likeness (QED) is 0.581. The van der Waals surface area contributed by atoms with E-state index in [1.54, 1.807) is 30.3 Å². The van der Waals surface area contributed by atoms with E-state index in [0.717, 1.165) is 5.56 Å². The minimum Gasteiger partial charge on any atom is -0.493 e. The molecule has 0 fully saturated rings. The molecule has 0 radical (unpaired) electrons. The summed E-state index contributed by atoms with van der Waals surface area (Å²) >= 11 is 0. The molecular weight excluding hydrogens is 334 g/mol. The summed E-state index contributed by atoms with van der Waals surface area (Å²) in [5, 5.41) is 2.58. The second-order valence-electron chi connectivity index (χ2n) is 5.76. The number of Topliss-reactive ketones (excluding diaryl/α,β-unsaturated/α-hetero) is 1. The molecule has 0 bridgehead atoms. The molecule has 0 saturated carbocycles. The minimum atomic E-state index is -0.523. The van der Waals surface area contributed by atoms with E-state index in [4.69, 9.17) is 9.47 Å². The Kier molecular flexibility index (Phi) is 6.91. The molecule has 0 aliphatic rings. The van der Waals surface area contributed by atoms with Gasteiger partial charge in [0.05, 0.1) is 13.0 Å². The molecule has 0 heterocycles. The lowest BCUT2D eigenvalue weighted by atomic mass is 10.1. The molecule has 0 atom stereocenters. The number of amides is 1. The zero-order chi connectivity index (χ0) is 18.9. The Bertz CT molecular complexity index is 800. The van der Waals surface area contributed by atoms with Crippen molar-refractivity contribution in [3.63, 3.8) is 0 Å². The molecule has 0 spiro atoms. The van der Waals surface area contributed by atoms with Crippen molar-refractivity contribution in [1.82, 2.24) is 0 Å². The first-order chi connectivity index (χ1) is 12.4. The van der Waals surface area contributed by atoms with Gasteiger partial charge < -0.3 is 14.8 Å². The van der Waals surface area contributed by atoms with Crippen LogP contribution >= 0.6 is 0 Å². The highest BCUT2D eigenvalue weighted by Gasteiger charge is 2.09. The van der Waals surface area contributed by atoms with Gasteiger partial charge in [0.1, 0.15) is 5.75 Å². The maximum Gasteiger partial charge on any atom is 0.309 e. The van der Waals surface area contributed by atoms with Gasteiger partial charge in [0.25, 0.3) is 5.91 Å². The average molecular weight is 355 g/mol. The smallest absolute Gasteiger partial charge is 0.309 e. The maximum absolute atomic E-state index is 11.8. The number of ketones is 1. The molecule has 2 aromatic carbocycles. The fourth-order valence-electron chi connectivity index (χ4n) is 2.19. The highest BCUT2D eigenvalue weighted by Crippen LogP contribution is 2.13. The van der Waals surface area contributed by atoms with Gasteiger partial charge in [0.15, 0.2) is 12.4 Å². The van der Waals surface area contributed by atoms with Crippen LogP contribution in [0.15, 0.2) is 48.5 Å². The molecule has 1 amide bonds. The van der Waals surface area contributed by atoms with Gasteiger partial charge in [-0.1, -0.05) is 24.3 Å². The molecule has 6 nitrogen and oxygen atoms in total. The summed E-state index contributed by atoms with van der Waals surface area (Å²) in [6, 6.07) is 14.0. The number of carbonyl (C=O) groups is 3. The molecule has 0 aliphatic carbocycles. The SMILES string of the molecule is CC(=O)c1cccc(NC(=O)COC(=O)CCOc2cccc(C)c2)c1. The molecule has 136 valence electrons. The first-order valence-electron chi connectivity index (χ1n) is 8.20. The van der Waals surface area contributed by atoms with Crippen LogP contribution in [0.2, 0.25) is 0 Å². The van der Waals surface area contributed by atoms with Crippen molar-refractivity contribution in [1.29, 1.82) is 0 Å². The summed E-state index contributed by atoms with van der Waals surface area (Å²) in [7, 11) is 0. The molecular formula is C20H21NO5. The predicted octanol–water partition coefficient (Wildman–Crippen LogP) is 3.15. The molecule has 0 aromatic heterocycles. The van der Waals surface area contributed by atoms with Crippen molar-refractivity contribution in [2.45, 2.75) is 20.3 Å². The van der Waals surface area contributed by atoms with Crippen LogP contribution < -0.4 is 10.1 Å². The second kappa shape index (κ2) is 9.36. The number of rotatable bonds is 8. The first kappa shape index (κ1) is 19.2. The molecule has 1 N–H and O–H groups in total. The van der Waals surface area contributed by atoms with Gasteiger partial charge in [-0.15, -0.1) is 0 Å². The van der Waals surface area contributed by atoms with Crippen molar-refractivity contribution in [3.05, 3.63) is 59.7 Å². The Morgan fingerprint density at radius 3 is 2.54 bits per heavy atom. The monoisotopic (exact) mass is 355 g/mol. The lowest BCUT2D eigenvalue weighted by Crippen LogP contribution is -2.21. The number of benzene rings is 2. The zero-order valence-electron chi connectivity index (χ0n) is 14.8. The third-order valence-corrected chi connectivity index (χ3v) is 3.48. The molecule has 0 saturated heterocycles. The molecule has 0 unspecified atom stereocenters. The number of hydrogen-bond acceptors (Lipinski definition) is 5. The lowest BCUT2D eigenvalue weighted by Gasteiger charge is -2.08. The number of esters is 1. The molecule has 0 aliphatic heterocycles. The number of aryl methyl sites for hydroxylation is 1. The van der Waals surface area contributed by atoms with Crippen LogP contribution in [0, 0.1) is 6.92 Å². The van der Waals surface area contributed by atoms with Crippen LogP contribution in [0.5, 0.6) is 5.75 Å². The predicted molar refractivity (Wildman–Crippen MR) is 97.3 cm³/mol. The first-order valence-corrected chi connectivity index (χ1v) is 8.20. The van der Waals surface area contributed by atoms with Crippen LogP contribution in [-0.4, -0.2) is 30.9 Å². The van der Waals surface area contributed by atoms with E-state index in [0.29, 0.717) is 17.0 Å². The fourth-order valence-corrected chi connectivity index (χ4v) is 2.19. The van der Waals surface area contributed by atoms with E-state index in [-0.39, 0.29) is 18.8 Å². The molecule has 2 aromatic rings. The van der Waals surface area contributed by atoms with Crippen molar-refractivity contribution >= 4 is 23.3 Å².